The highest BCUT2D eigenvalue weighted by molar-refractivity contribution is 9.11. The highest BCUT2D eigenvalue weighted by Gasteiger charge is 2.14. The maximum Gasteiger partial charge on any atom is 0.254 e. The van der Waals surface area contributed by atoms with Crippen molar-refractivity contribution >= 4 is 38.9 Å². The van der Waals surface area contributed by atoms with Crippen molar-refractivity contribution in [2.24, 2.45) is 0 Å². The van der Waals surface area contributed by atoms with Gasteiger partial charge in [-0.25, -0.2) is 0 Å². The summed E-state index contributed by atoms with van der Waals surface area (Å²) in [6.45, 7) is 2.95. The molecule has 0 unspecified atom stereocenters. The fraction of sp³-hybridized carbons (Fsp3) is 0.389. The van der Waals surface area contributed by atoms with Gasteiger partial charge in [-0.2, -0.15) is 0 Å². The molecule has 23 heavy (non-hydrogen) atoms. The van der Waals surface area contributed by atoms with E-state index in [1.165, 1.54) is 36.3 Å². The molecule has 1 aromatic carbocycles. The minimum absolute atomic E-state index is 0.0621. The van der Waals surface area contributed by atoms with E-state index < -0.39 is 0 Å². The minimum Gasteiger partial charge on any atom is -0.372 e. The van der Waals surface area contributed by atoms with E-state index in [4.69, 9.17) is 0 Å². The van der Waals surface area contributed by atoms with Gasteiger partial charge in [0, 0.05) is 37.7 Å². The van der Waals surface area contributed by atoms with Gasteiger partial charge in [0.1, 0.15) is 0 Å². The van der Waals surface area contributed by atoms with E-state index in [0.29, 0.717) is 6.54 Å². The molecule has 3 rings (SSSR count). The molecule has 0 saturated carbocycles. The molecule has 5 heteroatoms. The van der Waals surface area contributed by atoms with Gasteiger partial charge in [0.25, 0.3) is 5.91 Å². The van der Waals surface area contributed by atoms with Gasteiger partial charge in [0.2, 0.25) is 0 Å². The summed E-state index contributed by atoms with van der Waals surface area (Å²) in [6, 6.07) is 10.5. The van der Waals surface area contributed by atoms with Crippen molar-refractivity contribution < 1.29 is 4.79 Å². The fourth-order valence-electron chi connectivity index (χ4n) is 2.95. The topological polar surface area (TPSA) is 23.6 Å². The van der Waals surface area contributed by atoms with Crippen molar-refractivity contribution in [3.8, 4) is 0 Å². The zero-order chi connectivity index (χ0) is 16.2. The minimum atomic E-state index is 0.0621. The van der Waals surface area contributed by atoms with E-state index in [9.17, 15) is 4.79 Å². The normalized spacial score (nSPS) is 14.8. The molecule has 1 aliphatic rings. The van der Waals surface area contributed by atoms with Crippen LogP contribution in [0.2, 0.25) is 0 Å². The molecule has 0 aliphatic carbocycles. The van der Waals surface area contributed by atoms with E-state index in [2.05, 4.69) is 45.1 Å². The first-order chi connectivity index (χ1) is 11.1. The van der Waals surface area contributed by atoms with Crippen LogP contribution in [0.1, 0.15) is 35.2 Å². The second kappa shape index (κ2) is 7.49. The molecular formula is C18H21BrN2OS. The molecule has 1 aromatic heterocycles. The molecule has 122 valence electrons. The monoisotopic (exact) mass is 392 g/mol. The summed E-state index contributed by atoms with van der Waals surface area (Å²) in [5.41, 5.74) is 3.20. The molecular weight excluding hydrogens is 372 g/mol. The molecule has 1 amide bonds. The third-order valence-electron chi connectivity index (χ3n) is 4.24. The largest absolute Gasteiger partial charge is 0.372 e. The van der Waals surface area contributed by atoms with Gasteiger partial charge < -0.3 is 9.80 Å². The van der Waals surface area contributed by atoms with Crippen LogP contribution in [-0.2, 0) is 6.54 Å². The molecule has 1 saturated heterocycles. The summed E-state index contributed by atoms with van der Waals surface area (Å²) in [7, 11) is 1.85. The van der Waals surface area contributed by atoms with Crippen LogP contribution in [0.15, 0.2) is 39.5 Å². The number of amides is 1. The van der Waals surface area contributed by atoms with Crippen LogP contribution in [0.25, 0.3) is 0 Å². The lowest BCUT2D eigenvalue weighted by Crippen LogP contribution is -2.29. The van der Waals surface area contributed by atoms with Crippen LogP contribution < -0.4 is 4.90 Å². The van der Waals surface area contributed by atoms with Crippen LogP contribution in [0, 0.1) is 0 Å². The highest BCUT2D eigenvalue weighted by Crippen LogP contribution is 2.23. The van der Waals surface area contributed by atoms with E-state index in [0.717, 1.165) is 28.0 Å². The number of thiophene rings is 1. The zero-order valence-corrected chi connectivity index (χ0v) is 15.7. The number of benzene rings is 1. The molecule has 0 radical (unpaired) electrons. The smallest absolute Gasteiger partial charge is 0.254 e. The summed E-state index contributed by atoms with van der Waals surface area (Å²) in [6.07, 6.45) is 3.92. The van der Waals surface area contributed by atoms with Crippen LogP contribution in [0.5, 0.6) is 0 Å². The van der Waals surface area contributed by atoms with Crippen LogP contribution in [-0.4, -0.2) is 30.9 Å². The first kappa shape index (κ1) is 16.5. The van der Waals surface area contributed by atoms with Crippen LogP contribution in [0.3, 0.4) is 0 Å². The SMILES string of the molecule is CN(Cc1ccc(N2CCCCC2)cc1)C(=O)c1csc(Br)c1. The Kier molecular flexibility index (Phi) is 5.38. The van der Waals surface area contributed by atoms with E-state index in [-0.39, 0.29) is 5.91 Å². The summed E-state index contributed by atoms with van der Waals surface area (Å²) in [4.78, 5) is 16.6. The number of anilines is 1. The summed E-state index contributed by atoms with van der Waals surface area (Å²) in [5, 5.41) is 1.89. The Bertz CT molecular complexity index is 662. The van der Waals surface area contributed by atoms with E-state index in [1.54, 1.807) is 4.90 Å². The van der Waals surface area contributed by atoms with Gasteiger partial charge in [-0.15, -0.1) is 11.3 Å². The number of hydrogen-bond acceptors (Lipinski definition) is 3. The van der Waals surface area contributed by atoms with Gasteiger partial charge in [-0.05, 0) is 59.0 Å². The Morgan fingerprint density at radius 3 is 2.52 bits per heavy atom. The lowest BCUT2D eigenvalue weighted by Gasteiger charge is -2.29. The first-order valence-electron chi connectivity index (χ1n) is 7.97. The summed E-state index contributed by atoms with van der Waals surface area (Å²) >= 11 is 4.94. The number of carbonyl (C=O) groups is 1. The average Bonchev–Trinajstić information content (AvgIpc) is 3.02. The molecule has 2 aromatic rings. The molecule has 0 spiro atoms. The lowest BCUT2D eigenvalue weighted by atomic mass is 10.1. The molecule has 0 bridgehead atoms. The van der Waals surface area contributed by atoms with Gasteiger partial charge in [-0.1, -0.05) is 12.1 Å². The number of piperidine rings is 1. The predicted molar refractivity (Wildman–Crippen MR) is 100 cm³/mol. The third-order valence-corrected chi connectivity index (χ3v) is 5.74. The Hall–Kier alpha value is -1.33. The number of nitrogens with zero attached hydrogens (tertiary/aromatic N) is 2. The summed E-state index contributed by atoms with van der Waals surface area (Å²) < 4.78 is 0.986. The molecule has 3 nitrogen and oxygen atoms in total. The maximum atomic E-state index is 12.4. The molecule has 1 fully saturated rings. The van der Waals surface area contributed by atoms with Crippen molar-refractivity contribution in [2.75, 3.05) is 25.0 Å². The van der Waals surface area contributed by atoms with E-state index >= 15 is 0 Å². The van der Waals surface area contributed by atoms with Crippen LogP contribution in [0.4, 0.5) is 5.69 Å². The van der Waals surface area contributed by atoms with E-state index in [1.807, 2.05) is 18.5 Å². The third kappa shape index (κ3) is 4.15. The van der Waals surface area contributed by atoms with Crippen LogP contribution >= 0.6 is 27.3 Å². The van der Waals surface area contributed by atoms with Gasteiger partial charge in [0.05, 0.1) is 9.35 Å². The molecule has 1 aliphatic heterocycles. The number of rotatable bonds is 4. The van der Waals surface area contributed by atoms with Crippen molar-refractivity contribution in [2.45, 2.75) is 25.8 Å². The molecule has 0 N–H and O–H groups in total. The van der Waals surface area contributed by atoms with Crippen molar-refractivity contribution in [1.29, 1.82) is 0 Å². The number of hydrogen-bond donors (Lipinski definition) is 0. The number of halogens is 1. The second-order valence-electron chi connectivity index (χ2n) is 6.01. The average molecular weight is 393 g/mol. The second-order valence-corrected chi connectivity index (χ2v) is 8.31. The van der Waals surface area contributed by atoms with Crippen molar-refractivity contribution in [3.05, 3.63) is 50.6 Å². The van der Waals surface area contributed by atoms with Crippen molar-refractivity contribution in [3.63, 3.8) is 0 Å². The Balaban J connectivity index is 1.62. The predicted octanol–water partition coefficient (Wildman–Crippen LogP) is 4.77. The van der Waals surface area contributed by atoms with Gasteiger partial charge in [-0.3, -0.25) is 4.79 Å². The maximum absolute atomic E-state index is 12.4. The number of carbonyl (C=O) groups excluding carboxylic acids is 1. The highest BCUT2D eigenvalue weighted by atomic mass is 79.9. The molecule has 2 heterocycles. The Morgan fingerprint density at radius 1 is 1.22 bits per heavy atom. The van der Waals surface area contributed by atoms with Gasteiger partial charge >= 0.3 is 0 Å². The molecule has 0 atom stereocenters. The first-order valence-corrected chi connectivity index (χ1v) is 9.64. The quantitative estimate of drug-likeness (QED) is 0.747. The lowest BCUT2D eigenvalue weighted by molar-refractivity contribution is 0.0785. The van der Waals surface area contributed by atoms with Gasteiger partial charge in [0.15, 0.2) is 0 Å². The van der Waals surface area contributed by atoms with Crippen molar-refractivity contribution in [1.82, 2.24) is 4.90 Å². The Labute approximate surface area is 150 Å². The fourth-order valence-corrected chi connectivity index (χ4v) is 4.08. The Morgan fingerprint density at radius 2 is 1.91 bits per heavy atom. The zero-order valence-electron chi connectivity index (χ0n) is 13.3. The standard InChI is InChI=1S/C18H21BrN2OS/c1-20(18(22)15-11-17(19)23-13-15)12-14-5-7-16(8-6-14)21-9-3-2-4-10-21/h5-8,11,13H,2-4,9-10,12H2,1H3. The summed E-state index contributed by atoms with van der Waals surface area (Å²) in [5.74, 6) is 0.0621.